The average molecular weight is 126 g/mol. The molecule has 46 valence electrons. The van der Waals surface area contributed by atoms with Gasteiger partial charge >= 0.3 is 29.6 Å². The van der Waals surface area contributed by atoms with E-state index in [1.54, 1.807) is 0 Å². The zero-order valence-electron chi connectivity index (χ0n) is 5.07. The van der Waals surface area contributed by atoms with Gasteiger partial charge in [-0.15, -0.1) is 0 Å². The normalized spacial score (nSPS) is 9.00. The maximum absolute atomic E-state index is 5.21. The number of hydrogen-bond donors (Lipinski definition) is 2. The molecule has 0 heterocycles. The summed E-state index contributed by atoms with van der Waals surface area (Å²) in [4.78, 5) is 0. The third kappa shape index (κ3) is 10.0. The van der Waals surface area contributed by atoms with Crippen LogP contribution >= 0.6 is 0 Å². The van der Waals surface area contributed by atoms with Gasteiger partial charge in [-0.1, -0.05) is 13.8 Å². The molecule has 0 bridgehead atoms. The first-order chi connectivity index (χ1) is 3.27. The van der Waals surface area contributed by atoms with Gasteiger partial charge in [0, 0.05) is 19.1 Å². The fourth-order valence-corrected chi connectivity index (χ4v) is 0.372. The Balaban J connectivity index is 0. The summed E-state index contributed by atoms with van der Waals surface area (Å²) in [6.07, 6.45) is 0. The fraction of sp³-hybridized carbons (Fsp3) is 1.00. The first-order valence-electron chi connectivity index (χ1n) is 2.71. The van der Waals surface area contributed by atoms with Gasteiger partial charge in [0.05, 0.1) is 0 Å². The van der Waals surface area contributed by atoms with Crippen LogP contribution in [-0.4, -0.2) is 48.7 Å². The maximum atomic E-state index is 5.21. The van der Waals surface area contributed by atoms with Crippen molar-refractivity contribution < 1.29 is 0 Å². The Labute approximate surface area is 73.5 Å². The molecule has 0 amide bonds. The molecule has 0 aromatic carbocycles. The molecule has 0 rings (SSSR count). The van der Waals surface area contributed by atoms with Crippen molar-refractivity contribution >= 4 is 29.6 Å². The van der Waals surface area contributed by atoms with Gasteiger partial charge in [0.2, 0.25) is 0 Å². The second kappa shape index (κ2) is 7.92. The number of nitrogens with one attached hydrogen (secondary N) is 1. The summed E-state index contributed by atoms with van der Waals surface area (Å²) in [6.45, 7) is 5.88. The van der Waals surface area contributed by atoms with Gasteiger partial charge in [-0.2, -0.15) is 0 Å². The molecule has 0 aromatic heterocycles. The molecular weight excluding hydrogens is 111 g/mol. The zero-order chi connectivity index (χ0) is 5.70. The van der Waals surface area contributed by atoms with Crippen LogP contribution in [0.5, 0.6) is 0 Å². The van der Waals surface area contributed by atoms with E-state index in [-0.39, 0.29) is 29.6 Å². The van der Waals surface area contributed by atoms with Crippen molar-refractivity contribution in [1.82, 2.24) is 5.32 Å². The first kappa shape index (κ1) is 11.7. The molecule has 0 aromatic rings. The molecule has 0 saturated carbocycles. The summed E-state index contributed by atoms with van der Waals surface area (Å²) in [6, 6.07) is 0.573. The van der Waals surface area contributed by atoms with Crippen LogP contribution < -0.4 is 11.1 Å². The van der Waals surface area contributed by atoms with E-state index < -0.39 is 0 Å². The fourth-order valence-electron chi connectivity index (χ4n) is 0.372. The molecule has 0 fully saturated rings. The summed E-state index contributed by atoms with van der Waals surface area (Å²) in [5.41, 5.74) is 5.21. The predicted molar refractivity (Wildman–Crippen MR) is 39.3 cm³/mol. The first-order valence-corrected chi connectivity index (χ1v) is 2.71. The van der Waals surface area contributed by atoms with Crippen LogP contribution in [0.4, 0.5) is 0 Å². The Morgan fingerprint density at radius 1 is 1.50 bits per heavy atom. The Bertz CT molecular complexity index is 39.4. The van der Waals surface area contributed by atoms with Crippen LogP contribution in [0.15, 0.2) is 0 Å². The van der Waals surface area contributed by atoms with Crippen molar-refractivity contribution in [3.8, 4) is 0 Å². The molecule has 3 N–H and O–H groups in total. The quantitative estimate of drug-likeness (QED) is 0.490. The summed E-state index contributed by atoms with van der Waals surface area (Å²) < 4.78 is 0. The van der Waals surface area contributed by atoms with Gasteiger partial charge in [0.15, 0.2) is 0 Å². The van der Waals surface area contributed by atoms with Gasteiger partial charge in [-0.25, -0.2) is 0 Å². The minimum absolute atomic E-state index is 0. The molecule has 0 saturated heterocycles. The Morgan fingerprint density at radius 2 is 2.00 bits per heavy atom. The molecule has 8 heavy (non-hydrogen) atoms. The summed E-state index contributed by atoms with van der Waals surface area (Å²) in [5.74, 6) is 0. The van der Waals surface area contributed by atoms with Crippen LogP contribution in [0.25, 0.3) is 0 Å². The number of nitrogens with two attached hydrogens (primary N) is 1. The van der Waals surface area contributed by atoms with Gasteiger partial charge in [-0.3, -0.25) is 0 Å². The molecule has 0 atom stereocenters. The van der Waals surface area contributed by atoms with Crippen molar-refractivity contribution in [3.05, 3.63) is 0 Å². The zero-order valence-corrected chi connectivity index (χ0v) is 5.07. The van der Waals surface area contributed by atoms with E-state index in [4.69, 9.17) is 5.73 Å². The van der Waals surface area contributed by atoms with Crippen molar-refractivity contribution in [3.63, 3.8) is 0 Å². The minimum atomic E-state index is 0. The van der Waals surface area contributed by atoms with E-state index in [1.807, 2.05) is 0 Å². The Hall–Kier alpha value is 0.920. The van der Waals surface area contributed by atoms with Crippen LogP contribution in [0.1, 0.15) is 13.8 Å². The SMILES string of the molecule is CC(C)NCCN.[NaH]. The number of rotatable bonds is 3. The third-order valence-corrected chi connectivity index (χ3v) is 0.697. The van der Waals surface area contributed by atoms with E-state index in [0.29, 0.717) is 6.04 Å². The summed E-state index contributed by atoms with van der Waals surface area (Å²) in [7, 11) is 0. The molecule has 0 spiro atoms. The molecule has 0 aliphatic rings. The van der Waals surface area contributed by atoms with E-state index in [0.717, 1.165) is 13.1 Å². The second-order valence-electron chi connectivity index (χ2n) is 1.90. The van der Waals surface area contributed by atoms with Crippen molar-refractivity contribution in [2.24, 2.45) is 5.73 Å². The van der Waals surface area contributed by atoms with Crippen LogP contribution in [0.3, 0.4) is 0 Å². The predicted octanol–water partition coefficient (Wildman–Crippen LogP) is -0.705. The Kier molecular flexibility index (Phi) is 11.6. The molecular formula is C5H15N2Na. The van der Waals surface area contributed by atoms with Crippen molar-refractivity contribution in [2.45, 2.75) is 19.9 Å². The Morgan fingerprint density at radius 3 is 2.12 bits per heavy atom. The van der Waals surface area contributed by atoms with E-state index in [2.05, 4.69) is 19.2 Å². The molecule has 0 aliphatic heterocycles. The number of hydrogen-bond acceptors (Lipinski definition) is 2. The van der Waals surface area contributed by atoms with E-state index >= 15 is 0 Å². The average Bonchev–Trinajstić information content (AvgIpc) is 1.61. The van der Waals surface area contributed by atoms with E-state index in [1.165, 1.54) is 0 Å². The van der Waals surface area contributed by atoms with Gasteiger partial charge in [0.1, 0.15) is 0 Å². The van der Waals surface area contributed by atoms with Gasteiger partial charge in [-0.05, 0) is 0 Å². The molecule has 3 heteroatoms. The monoisotopic (exact) mass is 126 g/mol. The molecule has 0 unspecified atom stereocenters. The summed E-state index contributed by atoms with van der Waals surface area (Å²) in [5, 5.41) is 3.17. The van der Waals surface area contributed by atoms with Crippen molar-refractivity contribution in [1.29, 1.82) is 0 Å². The molecule has 0 radical (unpaired) electrons. The summed E-state index contributed by atoms with van der Waals surface area (Å²) >= 11 is 0. The molecule has 0 aliphatic carbocycles. The van der Waals surface area contributed by atoms with Gasteiger partial charge in [0.25, 0.3) is 0 Å². The van der Waals surface area contributed by atoms with Gasteiger partial charge < -0.3 is 11.1 Å². The van der Waals surface area contributed by atoms with Crippen molar-refractivity contribution in [2.75, 3.05) is 13.1 Å². The third-order valence-electron chi connectivity index (χ3n) is 0.697. The second-order valence-corrected chi connectivity index (χ2v) is 1.90. The van der Waals surface area contributed by atoms with Crippen LogP contribution in [0, 0.1) is 0 Å². The van der Waals surface area contributed by atoms with Crippen LogP contribution in [0.2, 0.25) is 0 Å². The topological polar surface area (TPSA) is 38.0 Å². The molecule has 2 nitrogen and oxygen atoms in total. The standard InChI is InChI=1S/C5H14N2.Na.H/c1-5(2)7-4-3-6;;/h5,7H,3-4,6H2,1-2H3;;. The van der Waals surface area contributed by atoms with E-state index in [9.17, 15) is 0 Å². The van der Waals surface area contributed by atoms with Crippen LogP contribution in [-0.2, 0) is 0 Å².